The van der Waals surface area contributed by atoms with Crippen molar-refractivity contribution in [1.82, 2.24) is 5.32 Å². The van der Waals surface area contributed by atoms with Gasteiger partial charge in [0.05, 0.1) is 11.6 Å². The van der Waals surface area contributed by atoms with Gasteiger partial charge in [-0.25, -0.2) is 0 Å². The summed E-state index contributed by atoms with van der Waals surface area (Å²) in [6.45, 7) is -0.256. The predicted octanol–water partition coefficient (Wildman–Crippen LogP) is 4.70. The van der Waals surface area contributed by atoms with E-state index in [1.807, 2.05) is 66.7 Å². The van der Waals surface area contributed by atoms with Crippen molar-refractivity contribution >= 4 is 16.7 Å². The molecular weight excluding hydrogens is 388 g/mol. The normalized spacial score (nSPS) is 11.5. The number of phenols is 1. The molecule has 0 radical (unpaired) electrons. The number of nitrogens with zero attached hydrogens (tertiary/aromatic N) is 1. The number of hydrogen-bond acceptors (Lipinski definition) is 4. The maximum absolute atomic E-state index is 12.8. The number of nitriles is 1. The van der Waals surface area contributed by atoms with Gasteiger partial charge in [0.2, 0.25) is 0 Å². The highest BCUT2D eigenvalue weighted by Crippen LogP contribution is 2.35. The fourth-order valence-electron chi connectivity index (χ4n) is 3.59. The molecule has 0 aliphatic heterocycles. The van der Waals surface area contributed by atoms with Crippen molar-refractivity contribution in [3.8, 4) is 17.6 Å². The quantitative estimate of drug-likeness (QED) is 0.484. The van der Waals surface area contributed by atoms with Crippen molar-refractivity contribution in [2.24, 2.45) is 0 Å². The molecule has 0 aliphatic carbocycles. The summed E-state index contributed by atoms with van der Waals surface area (Å²) in [4.78, 5) is 12.8. The van der Waals surface area contributed by atoms with Crippen LogP contribution in [0.15, 0.2) is 91.0 Å². The van der Waals surface area contributed by atoms with E-state index in [0.29, 0.717) is 16.9 Å². The van der Waals surface area contributed by atoms with Gasteiger partial charge in [0.1, 0.15) is 17.6 Å². The molecule has 0 spiro atoms. The second-order valence-corrected chi connectivity index (χ2v) is 7.03. The number of carbonyl (C=O) groups is 1. The first-order valence-corrected chi connectivity index (χ1v) is 9.84. The van der Waals surface area contributed by atoms with Crippen molar-refractivity contribution in [1.29, 1.82) is 5.26 Å². The first kappa shape index (κ1) is 20.0. The third kappa shape index (κ3) is 4.34. The summed E-state index contributed by atoms with van der Waals surface area (Å²) >= 11 is 0. The van der Waals surface area contributed by atoms with Crippen LogP contribution >= 0.6 is 0 Å². The molecule has 0 fully saturated rings. The Bertz CT molecular complexity index is 1260. The number of hydrogen-bond donors (Lipinski definition) is 2. The highest BCUT2D eigenvalue weighted by atomic mass is 16.5. The zero-order valence-electron chi connectivity index (χ0n) is 16.7. The van der Waals surface area contributed by atoms with Gasteiger partial charge >= 0.3 is 0 Å². The molecule has 0 bridgehead atoms. The van der Waals surface area contributed by atoms with Crippen molar-refractivity contribution in [2.75, 3.05) is 6.61 Å². The molecule has 0 saturated carbocycles. The number of para-hydroxylation sites is 1. The van der Waals surface area contributed by atoms with E-state index < -0.39 is 6.04 Å². The largest absolute Gasteiger partial charge is 0.508 e. The average molecular weight is 408 g/mol. The summed E-state index contributed by atoms with van der Waals surface area (Å²) in [5.41, 5.74) is 1.82. The summed E-state index contributed by atoms with van der Waals surface area (Å²) in [7, 11) is 0. The number of fused-ring (bicyclic) bond motifs is 1. The van der Waals surface area contributed by atoms with Crippen LogP contribution in [0.4, 0.5) is 0 Å². The molecule has 4 aromatic rings. The summed E-state index contributed by atoms with van der Waals surface area (Å²) in [6.07, 6.45) is 0. The fourth-order valence-corrected chi connectivity index (χ4v) is 3.59. The number of rotatable bonds is 6. The van der Waals surface area contributed by atoms with Crippen molar-refractivity contribution in [3.63, 3.8) is 0 Å². The van der Waals surface area contributed by atoms with Gasteiger partial charge in [-0.05, 0) is 34.5 Å². The molecule has 1 unspecified atom stereocenters. The lowest BCUT2D eigenvalue weighted by Gasteiger charge is -2.22. The van der Waals surface area contributed by atoms with Crippen LogP contribution in [0.5, 0.6) is 11.5 Å². The Hall–Kier alpha value is -4.30. The standard InChI is InChI=1S/C26H20N2O3/c27-16-20-11-5-7-13-23(20)31-17-24(30)28-26(19-9-2-1-3-10-19)25-21-12-6-4-8-18(21)14-15-22(25)29/h1-15,26,29H,17H2,(H,28,30). The van der Waals surface area contributed by atoms with Gasteiger partial charge in [0.25, 0.3) is 5.91 Å². The Balaban J connectivity index is 1.66. The van der Waals surface area contributed by atoms with Crippen LogP contribution in [0, 0.1) is 11.3 Å². The molecular formula is C26H20N2O3. The van der Waals surface area contributed by atoms with Gasteiger partial charge in [0, 0.05) is 5.56 Å². The number of benzene rings is 4. The topological polar surface area (TPSA) is 82.3 Å². The molecule has 4 aromatic carbocycles. The van der Waals surface area contributed by atoms with Gasteiger partial charge in [-0.3, -0.25) is 4.79 Å². The van der Waals surface area contributed by atoms with Crippen molar-refractivity contribution in [3.05, 3.63) is 108 Å². The molecule has 0 aromatic heterocycles. The lowest BCUT2D eigenvalue weighted by molar-refractivity contribution is -0.123. The van der Waals surface area contributed by atoms with Gasteiger partial charge in [-0.15, -0.1) is 0 Å². The first-order valence-electron chi connectivity index (χ1n) is 9.84. The maximum atomic E-state index is 12.8. The zero-order valence-corrected chi connectivity index (χ0v) is 16.7. The van der Waals surface area contributed by atoms with E-state index >= 15 is 0 Å². The highest BCUT2D eigenvalue weighted by molar-refractivity contribution is 5.89. The summed E-state index contributed by atoms with van der Waals surface area (Å²) in [6, 6.07) is 28.9. The molecule has 5 nitrogen and oxygen atoms in total. The fraction of sp³-hybridized carbons (Fsp3) is 0.0769. The Kier molecular flexibility index (Phi) is 5.82. The maximum Gasteiger partial charge on any atom is 0.258 e. The Morgan fingerprint density at radius 2 is 1.65 bits per heavy atom. The second-order valence-electron chi connectivity index (χ2n) is 7.03. The minimum Gasteiger partial charge on any atom is -0.508 e. The van der Waals surface area contributed by atoms with Gasteiger partial charge < -0.3 is 15.2 Å². The van der Waals surface area contributed by atoms with Crippen LogP contribution in [0.1, 0.15) is 22.7 Å². The first-order chi connectivity index (χ1) is 15.2. The van der Waals surface area contributed by atoms with E-state index in [0.717, 1.165) is 16.3 Å². The lowest BCUT2D eigenvalue weighted by Crippen LogP contribution is -2.33. The van der Waals surface area contributed by atoms with Crippen LogP contribution in [0.2, 0.25) is 0 Å². The zero-order chi connectivity index (χ0) is 21.6. The van der Waals surface area contributed by atoms with Crippen LogP contribution in [0.25, 0.3) is 10.8 Å². The van der Waals surface area contributed by atoms with E-state index in [4.69, 9.17) is 4.74 Å². The molecule has 152 valence electrons. The van der Waals surface area contributed by atoms with Gasteiger partial charge in [-0.2, -0.15) is 5.26 Å². The average Bonchev–Trinajstić information content (AvgIpc) is 2.82. The molecule has 0 heterocycles. The number of aromatic hydroxyl groups is 1. The van der Waals surface area contributed by atoms with Crippen LogP contribution < -0.4 is 10.1 Å². The number of amides is 1. The monoisotopic (exact) mass is 408 g/mol. The molecule has 31 heavy (non-hydrogen) atoms. The minimum absolute atomic E-state index is 0.101. The molecule has 1 atom stereocenters. The lowest BCUT2D eigenvalue weighted by atomic mass is 9.92. The smallest absolute Gasteiger partial charge is 0.258 e. The molecule has 4 rings (SSSR count). The van der Waals surface area contributed by atoms with E-state index in [1.54, 1.807) is 30.3 Å². The van der Waals surface area contributed by atoms with Gasteiger partial charge in [-0.1, -0.05) is 72.8 Å². The Morgan fingerprint density at radius 1 is 0.935 bits per heavy atom. The molecule has 0 saturated heterocycles. The van der Waals surface area contributed by atoms with Crippen LogP contribution in [0.3, 0.4) is 0 Å². The minimum atomic E-state index is -0.574. The highest BCUT2D eigenvalue weighted by Gasteiger charge is 2.22. The molecule has 5 heteroatoms. The van der Waals surface area contributed by atoms with E-state index in [-0.39, 0.29) is 18.3 Å². The molecule has 0 aliphatic rings. The summed E-state index contributed by atoms with van der Waals surface area (Å²) in [5, 5.41) is 24.7. The van der Waals surface area contributed by atoms with E-state index in [9.17, 15) is 15.2 Å². The van der Waals surface area contributed by atoms with Crippen molar-refractivity contribution in [2.45, 2.75) is 6.04 Å². The third-order valence-corrected chi connectivity index (χ3v) is 5.04. The predicted molar refractivity (Wildman–Crippen MR) is 119 cm³/mol. The van der Waals surface area contributed by atoms with E-state index in [2.05, 4.69) is 5.32 Å². The number of carbonyl (C=O) groups excluding carboxylic acids is 1. The SMILES string of the molecule is N#Cc1ccccc1OCC(=O)NC(c1ccccc1)c1c(O)ccc2ccccc12. The van der Waals surface area contributed by atoms with E-state index in [1.165, 1.54) is 0 Å². The third-order valence-electron chi connectivity index (χ3n) is 5.04. The van der Waals surface area contributed by atoms with Crippen molar-refractivity contribution < 1.29 is 14.6 Å². The number of ether oxygens (including phenoxy) is 1. The molecule has 1 amide bonds. The van der Waals surface area contributed by atoms with Gasteiger partial charge in [0.15, 0.2) is 6.61 Å². The summed E-state index contributed by atoms with van der Waals surface area (Å²) in [5.74, 6) is 0.0851. The van der Waals surface area contributed by atoms with Crippen LogP contribution in [-0.4, -0.2) is 17.6 Å². The second kappa shape index (κ2) is 9.02. The number of phenolic OH excluding ortho intramolecular Hbond substituents is 1. The summed E-state index contributed by atoms with van der Waals surface area (Å²) < 4.78 is 5.58. The molecule has 2 N–H and O–H groups in total. The van der Waals surface area contributed by atoms with Crippen LogP contribution in [-0.2, 0) is 4.79 Å². The Morgan fingerprint density at radius 3 is 2.45 bits per heavy atom. The Labute approximate surface area is 180 Å². The number of nitrogens with one attached hydrogen (secondary N) is 1.